The second kappa shape index (κ2) is 5.86. The zero-order valence-electron chi connectivity index (χ0n) is 12.9. The maximum Gasteiger partial charge on any atom is 0.264 e. The van der Waals surface area contributed by atoms with Crippen molar-refractivity contribution in [3.63, 3.8) is 0 Å². The van der Waals surface area contributed by atoms with Crippen LogP contribution in [0.3, 0.4) is 0 Å². The fraction of sp³-hybridized carbons (Fsp3) is 0.688. The lowest BCUT2D eigenvalue weighted by atomic mass is 9.83. The number of likely N-dealkylation sites (tertiary alicyclic amines) is 1. The van der Waals surface area contributed by atoms with Crippen molar-refractivity contribution in [2.45, 2.75) is 52.6 Å². The van der Waals surface area contributed by atoms with Gasteiger partial charge in [0.2, 0.25) is 0 Å². The smallest absolute Gasteiger partial charge is 0.264 e. The minimum atomic E-state index is -0.688. The number of nitrogens with zero attached hydrogens (tertiary/aromatic N) is 1. The van der Waals surface area contributed by atoms with E-state index in [1.54, 1.807) is 16.2 Å². The standard InChI is InChI=1S/C16H25NO2S/c1-5-7-13-12(6-2)8-14(20-13)15(18)17-9-16(19,10-17)11(3)4/h8,11,19H,5-7,9-10H2,1-4H3. The summed E-state index contributed by atoms with van der Waals surface area (Å²) in [4.78, 5) is 16.4. The molecule has 0 radical (unpaired) electrons. The van der Waals surface area contributed by atoms with Crippen LogP contribution in [0, 0.1) is 5.92 Å². The molecule has 1 N–H and O–H groups in total. The Labute approximate surface area is 125 Å². The molecule has 0 aliphatic carbocycles. The van der Waals surface area contributed by atoms with Crippen molar-refractivity contribution in [2.24, 2.45) is 5.92 Å². The number of β-amino-alcohol motifs (C(OH)–C–C–N with tert-alkyl or cyclic N) is 1. The summed E-state index contributed by atoms with van der Waals surface area (Å²) < 4.78 is 0. The topological polar surface area (TPSA) is 40.5 Å². The highest BCUT2D eigenvalue weighted by atomic mass is 32.1. The first-order chi connectivity index (χ1) is 9.41. The van der Waals surface area contributed by atoms with Crippen LogP contribution < -0.4 is 0 Å². The summed E-state index contributed by atoms with van der Waals surface area (Å²) in [5.41, 5.74) is 0.618. The maximum atomic E-state index is 12.4. The highest BCUT2D eigenvalue weighted by molar-refractivity contribution is 7.14. The van der Waals surface area contributed by atoms with Gasteiger partial charge in [0.1, 0.15) is 5.60 Å². The molecule has 1 aliphatic heterocycles. The molecule has 0 atom stereocenters. The summed E-state index contributed by atoms with van der Waals surface area (Å²) in [5.74, 6) is 0.272. The Bertz CT molecular complexity index is 487. The number of hydrogen-bond acceptors (Lipinski definition) is 3. The average molecular weight is 295 g/mol. The minimum Gasteiger partial charge on any atom is -0.386 e. The molecule has 1 fully saturated rings. The van der Waals surface area contributed by atoms with Crippen molar-refractivity contribution >= 4 is 17.2 Å². The van der Waals surface area contributed by atoms with Crippen LogP contribution in [0.25, 0.3) is 0 Å². The zero-order valence-corrected chi connectivity index (χ0v) is 13.7. The Balaban J connectivity index is 2.08. The maximum absolute atomic E-state index is 12.4. The molecule has 1 aliphatic rings. The number of amides is 1. The fourth-order valence-corrected chi connectivity index (χ4v) is 3.91. The van der Waals surface area contributed by atoms with E-state index < -0.39 is 5.60 Å². The van der Waals surface area contributed by atoms with Crippen LogP contribution in [0.5, 0.6) is 0 Å². The lowest BCUT2D eigenvalue weighted by molar-refractivity contribution is -0.110. The SMILES string of the molecule is CCCc1sc(C(=O)N2CC(O)(C(C)C)C2)cc1CC. The number of aryl methyl sites for hydroxylation is 2. The van der Waals surface area contributed by atoms with E-state index in [0.717, 1.165) is 24.1 Å². The van der Waals surface area contributed by atoms with Crippen molar-refractivity contribution in [3.8, 4) is 0 Å². The molecule has 0 unspecified atom stereocenters. The molecule has 2 heterocycles. The first-order valence-electron chi connectivity index (χ1n) is 7.54. The number of thiophene rings is 1. The van der Waals surface area contributed by atoms with E-state index in [1.807, 2.05) is 19.9 Å². The predicted octanol–water partition coefficient (Wildman–Crippen LogP) is 3.11. The molecule has 112 valence electrons. The molecule has 0 bridgehead atoms. The second-order valence-corrected chi connectivity index (χ2v) is 7.22. The van der Waals surface area contributed by atoms with Gasteiger partial charge in [0.25, 0.3) is 5.91 Å². The van der Waals surface area contributed by atoms with Gasteiger partial charge >= 0.3 is 0 Å². The van der Waals surface area contributed by atoms with Gasteiger partial charge in [0, 0.05) is 4.88 Å². The molecule has 1 aromatic heterocycles. The molecule has 3 nitrogen and oxygen atoms in total. The van der Waals surface area contributed by atoms with Crippen LogP contribution in [-0.4, -0.2) is 34.6 Å². The normalized spacial score (nSPS) is 17.4. The molecule has 2 rings (SSSR count). The lowest BCUT2D eigenvalue weighted by Gasteiger charge is -2.48. The van der Waals surface area contributed by atoms with Crippen LogP contribution >= 0.6 is 11.3 Å². The quantitative estimate of drug-likeness (QED) is 0.907. The van der Waals surface area contributed by atoms with Crippen molar-refractivity contribution in [3.05, 3.63) is 21.4 Å². The Kier molecular flexibility index (Phi) is 4.55. The molecule has 0 spiro atoms. The summed E-state index contributed by atoms with van der Waals surface area (Å²) in [6, 6.07) is 2.05. The molecule has 1 amide bonds. The Morgan fingerprint density at radius 2 is 2.10 bits per heavy atom. The van der Waals surface area contributed by atoms with E-state index in [9.17, 15) is 9.90 Å². The molecule has 1 aromatic rings. The van der Waals surface area contributed by atoms with Crippen LogP contribution in [0.2, 0.25) is 0 Å². The molecule has 0 aromatic carbocycles. The van der Waals surface area contributed by atoms with Crippen molar-refractivity contribution in [1.29, 1.82) is 0 Å². The monoisotopic (exact) mass is 295 g/mol. The summed E-state index contributed by atoms with van der Waals surface area (Å²) in [7, 11) is 0. The molecule has 4 heteroatoms. The van der Waals surface area contributed by atoms with E-state index in [2.05, 4.69) is 13.8 Å². The summed E-state index contributed by atoms with van der Waals surface area (Å²) >= 11 is 1.63. The summed E-state index contributed by atoms with van der Waals surface area (Å²) in [6.45, 7) is 9.23. The molecular weight excluding hydrogens is 270 g/mol. The van der Waals surface area contributed by atoms with Crippen LogP contribution in [0.1, 0.15) is 54.2 Å². The van der Waals surface area contributed by atoms with E-state index >= 15 is 0 Å². The van der Waals surface area contributed by atoms with Crippen LogP contribution in [0.4, 0.5) is 0 Å². The number of aliphatic hydroxyl groups is 1. The molecular formula is C16H25NO2S. The number of rotatable bonds is 5. The first-order valence-corrected chi connectivity index (χ1v) is 8.36. The van der Waals surface area contributed by atoms with Gasteiger partial charge in [-0.3, -0.25) is 4.79 Å². The van der Waals surface area contributed by atoms with Gasteiger partial charge in [-0.25, -0.2) is 0 Å². The third-order valence-electron chi connectivity index (χ3n) is 4.26. The number of carbonyl (C=O) groups is 1. The van der Waals surface area contributed by atoms with Crippen LogP contribution in [-0.2, 0) is 12.8 Å². The largest absolute Gasteiger partial charge is 0.386 e. The van der Waals surface area contributed by atoms with Gasteiger partial charge in [-0.05, 0) is 30.4 Å². The third-order valence-corrected chi connectivity index (χ3v) is 5.48. The van der Waals surface area contributed by atoms with Gasteiger partial charge in [-0.1, -0.05) is 34.1 Å². The predicted molar refractivity (Wildman–Crippen MR) is 83.4 cm³/mol. The minimum absolute atomic E-state index is 0.0809. The van der Waals surface area contributed by atoms with Gasteiger partial charge in [0.05, 0.1) is 18.0 Å². The van der Waals surface area contributed by atoms with Crippen molar-refractivity contribution in [2.75, 3.05) is 13.1 Å². The lowest BCUT2D eigenvalue weighted by Crippen LogP contribution is -2.65. The molecule has 0 saturated carbocycles. The van der Waals surface area contributed by atoms with Gasteiger partial charge in [-0.2, -0.15) is 0 Å². The number of hydrogen-bond donors (Lipinski definition) is 1. The summed E-state index contributed by atoms with van der Waals surface area (Å²) in [5, 5.41) is 10.3. The average Bonchev–Trinajstić information content (AvgIpc) is 2.77. The van der Waals surface area contributed by atoms with Gasteiger partial charge in [-0.15, -0.1) is 11.3 Å². The number of carbonyl (C=O) groups excluding carboxylic acids is 1. The first kappa shape index (κ1) is 15.5. The van der Waals surface area contributed by atoms with E-state index in [-0.39, 0.29) is 11.8 Å². The van der Waals surface area contributed by atoms with Crippen molar-refractivity contribution in [1.82, 2.24) is 4.90 Å². The van der Waals surface area contributed by atoms with Crippen molar-refractivity contribution < 1.29 is 9.90 Å². The second-order valence-electron chi connectivity index (χ2n) is 6.08. The Morgan fingerprint density at radius 3 is 2.60 bits per heavy atom. The summed E-state index contributed by atoms with van der Waals surface area (Å²) in [6.07, 6.45) is 3.14. The van der Waals surface area contributed by atoms with Gasteiger partial charge in [0.15, 0.2) is 0 Å². The fourth-order valence-electron chi connectivity index (χ4n) is 2.59. The van der Waals surface area contributed by atoms with E-state index in [0.29, 0.717) is 13.1 Å². The molecule has 20 heavy (non-hydrogen) atoms. The highest BCUT2D eigenvalue weighted by Crippen LogP contribution is 2.32. The van der Waals surface area contributed by atoms with Crippen LogP contribution in [0.15, 0.2) is 6.07 Å². The third kappa shape index (κ3) is 2.77. The zero-order chi connectivity index (χ0) is 14.9. The Morgan fingerprint density at radius 1 is 1.45 bits per heavy atom. The van der Waals surface area contributed by atoms with E-state index in [1.165, 1.54) is 10.4 Å². The van der Waals surface area contributed by atoms with E-state index in [4.69, 9.17) is 0 Å². The highest BCUT2D eigenvalue weighted by Gasteiger charge is 2.46. The Hall–Kier alpha value is -0.870. The molecule has 1 saturated heterocycles. The van der Waals surface area contributed by atoms with Gasteiger partial charge < -0.3 is 10.0 Å².